The van der Waals surface area contributed by atoms with Crippen molar-refractivity contribution in [3.8, 4) is 5.75 Å². The number of ether oxygens (including phenoxy) is 1. The molecule has 0 saturated heterocycles. The van der Waals surface area contributed by atoms with Crippen LogP contribution in [-0.2, 0) is 10.0 Å². The van der Waals surface area contributed by atoms with Gasteiger partial charge in [0.15, 0.2) is 0 Å². The summed E-state index contributed by atoms with van der Waals surface area (Å²) >= 11 is 0. The summed E-state index contributed by atoms with van der Waals surface area (Å²) in [6.07, 6.45) is 0. The second-order valence-electron chi connectivity index (χ2n) is 5.63. The summed E-state index contributed by atoms with van der Waals surface area (Å²) < 4.78 is 31.4. The van der Waals surface area contributed by atoms with E-state index in [0.717, 1.165) is 0 Å². The van der Waals surface area contributed by atoms with Crippen LogP contribution in [0.25, 0.3) is 0 Å². The number of sulfonamides is 1. The minimum absolute atomic E-state index is 0.0991. The Balaban J connectivity index is 2.33. The van der Waals surface area contributed by atoms with E-state index < -0.39 is 10.0 Å². The Hall–Kier alpha value is -1.27. The van der Waals surface area contributed by atoms with Crippen LogP contribution in [0.4, 0.5) is 5.69 Å². The molecule has 6 heteroatoms. The first-order valence-electron chi connectivity index (χ1n) is 6.14. The molecule has 1 aromatic carbocycles. The van der Waals surface area contributed by atoms with E-state index in [-0.39, 0.29) is 24.3 Å². The fourth-order valence-electron chi connectivity index (χ4n) is 1.55. The predicted octanol–water partition coefficient (Wildman–Crippen LogP) is 1.61. The highest BCUT2D eigenvalue weighted by molar-refractivity contribution is 7.89. The van der Waals surface area contributed by atoms with Crippen molar-refractivity contribution in [3.63, 3.8) is 0 Å². The van der Waals surface area contributed by atoms with Gasteiger partial charge < -0.3 is 10.5 Å². The van der Waals surface area contributed by atoms with Crippen molar-refractivity contribution in [1.82, 2.24) is 4.72 Å². The van der Waals surface area contributed by atoms with Crippen LogP contribution in [0.15, 0.2) is 24.3 Å². The van der Waals surface area contributed by atoms with Gasteiger partial charge >= 0.3 is 0 Å². The van der Waals surface area contributed by atoms with Gasteiger partial charge in [-0.1, -0.05) is 20.8 Å². The molecule has 108 valence electrons. The first kappa shape index (κ1) is 15.8. The maximum atomic E-state index is 11.7. The van der Waals surface area contributed by atoms with E-state index in [9.17, 15) is 8.42 Å². The van der Waals surface area contributed by atoms with E-state index in [4.69, 9.17) is 10.5 Å². The number of nitrogens with two attached hydrogens (primary N) is 1. The Kier molecular flexibility index (Phi) is 5.20. The molecule has 5 nitrogen and oxygen atoms in total. The molecule has 1 rings (SSSR count). The molecule has 0 spiro atoms. The van der Waals surface area contributed by atoms with Crippen LogP contribution in [0.1, 0.15) is 20.8 Å². The third kappa shape index (κ3) is 7.03. The molecule has 0 aliphatic carbocycles. The van der Waals surface area contributed by atoms with E-state index in [0.29, 0.717) is 11.4 Å². The number of nitrogen functional groups attached to an aromatic ring is 1. The average molecular weight is 286 g/mol. The van der Waals surface area contributed by atoms with Crippen LogP contribution in [-0.4, -0.2) is 27.3 Å². The molecule has 0 unspecified atom stereocenters. The molecule has 0 aliphatic heterocycles. The van der Waals surface area contributed by atoms with Gasteiger partial charge in [0, 0.05) is 12.2 Å². The zero-order valence-corrected chi connectivity index (χ0v) is 12.5. The summed E-state index contributed by atoms with van der Waals surface area (Å²) in [4.78, 5) is 0. The molecule has 0 atom stereocenters. The van der Waals surface area contributed by atoms with Crippen LogP contribution in [0.5, 0.6) is 5.75 Å². The lowest BCUT2D eigenvalue weighted by Gasteiger charge is -2.18. The molecule has 1 aromatic rings. The van der Waals surface area contributed by atoms with Crippen molar-refractivity contribution in [3.05, 3.63) is 24.3 Å². The fourth-order valence-corrected chi connectivity index (χ4v) is 3.19. The van der Waals surface area contributed by atoms with Crippen molar-refractivity contribution in [2.75, 3.05) is 24.6 Å². The van der Waals surface area contributed by atoms with Crippen molar-refractivity contribution >= 4 is 15.7 Å². The fraction of sp³-hybridized carbons (Fsp3) is 0.538. The molecule has 0 bridgehead atoms. The van der Waals surface area contributed by atoms with Gasteiger partial charge in [-0.25, -0.2) is 13.1 Å². The van der Waals surface area contributed by atoms with E-state index in [2.05, 4.69) is 4.72 Å². The predicted molar refractivity (Wildman–Crippen MR) is 77.6 cm³/mol. The monoisotopic (exact) mass is 286 g/mol. The van der Waals surface area contributed by atoms with Gasteiger partial charge in [0.2, 0.25) is 10.0 Å². The minimum atomic E-state index is -3.25. The standard InChI is InChI=1S/C13H22N2O3S/c1-13(2,3)10-19(16,17)15-8-9-18-12-6-4-11(14)5-7-12/h4-7,15H,8-10,14H2,1-3H3. The van der Waals surface area contributed by atoms with Gasteiger partial charge in [0.25, 0.3) is 0 Å². The third-order valence-electron chi connectivity index (χ3n) is 2.20. The second-order valence-corrected chi connectivity index (χ2v) is 7.44. The molecule has 0 aliphatic rings. The molecule has 19 heavy (non-hydrogen) atoms. The van der Waals surface area contributed by atoms with Gasteiger partial charge in [0.1, 0.15) is 12.4 Å². The van der Waals surface area contributed by atoms with Crippen molar-refractivity contribution in [2.45, 2.75) is 20.8 Å². The highest BCUT2D eigenvalue weighted by Crippen LogP contribution is 2.15. The summed E-state index contributed by atoms with van der Waals surface area (Å²) in [6.45, 7) is 6.20. The number of rotatable bonds is 6. The second kappa shape index (κ2) is 6.25. The molecule has 3 N–H and O–H groups in total. The van der Waals surface area contributed by atoms with Gasteiger partial charge in [-0.3, -0.25) is 0 Å². The molecular formula is C13H22N2O3S. The molecule has 0 fully saturated rings. The third-order valence-corrected chi connectivity index (χ3v) is 4.09. The number of hydrogen-bond donors (Lipinski definition) is 2. The quantitative estimate of drug-likeness (QED) is 0.615. The molecule has 0 heterocycles. The van der Waals surface area contributed by atoms with Gasteiger partial charge in [-0.05, 0) is 29.7 Å². The number of anilines is 1. The highest BCUT2D eigenvalue weighted by Gasteiger charge is 2.20. The Labute approximate surface area is 115 Å². The van der Waals surface area contributed by atoms with Crippen LogP contribution in [0.3, 0.4) is 0 Å². The van der Waals surface area contributed by atoms with E-state index in [1.807, 2.05) is 20.8 Å². The van der Waals surface area contributed by atoms with E-state index in [1.165, 1.54) is 0 Å². The highest BCUT2D eigenvalue weighted by atomic mass is 32.2. The first-order valence-corrected chi connectivity index (χ1v) is 7.79. The largest absolute Gasteiger partial charge is 0.492 e. The summed E-state index contributed by atoms with van der Waals surface area (Å²) in [5.74, 6) is 0.770. The Morgan fingerprint density at radius 3 is 2.32 bits per heavy atom. The number of benzene rings is 1. The lowest BCUT2D eigenvalue weighted by Crippen LogP contribution is -2.34. The minimum Gasteiger partial charge on any atom is -0.492 e. The van der Waals surface area contributed by atoms with Crippen LogP contribution in [0, 0.1) is 5.41 Å². The maximum Gasteiger partial charge on any atom is 0.212 e. The van der Waals surface area contributed by atoms with Gasteiger partial charge in [-0.15, -0.1) is 0 Å². The SMILES string of the molecule is CC(C)(C)CS(=O)(=O)NCCOc1ccc(N)cc1. The van der Waals surface area contributed by atoms with Gasteiger partial charge in [-0.2, -0.15) is 0 Å². The summed E-state index contributed by atoms with van der Waals surface area (Å²) in [5.41, 5.74) is 5.95. The Morgan fingerprint density at radius 2 is 1.79 bits per heavy atom. The number of nitrogens with one attached hydrogen (secondary N) is 1. The first-order chi connectivity index (χ1) is 8.68. The molecule has 0 saturated carbocycles. The topological polar surface area (TPSA) is 81.4 Å². The number of hydrogen-bond acceptors (Lipinski definition) is 4. The zero-order chi connectivity index (χ0) is 14.5. The molecule has 0 radical (unpaired) electrons. The Bertz CT molecular complexity index is 490. The van der Waals surface area contributed by atoms with Crippen LogP contribution >= 0.6 is 0 Å². The van der Waals surface area contributed by atoms with Gasteiger partial charge in [0.05, 0.1) is 5.75 Å². The smallest absolute Gasteiger partial charge is 0.212 e. The average Bonchev–Trinajstić information content (AvgIpc) is 2.23. The maximum absolute atomic E-state index is 11.7. The normalized spacial score (nSPS) is 12.4. The molecule has 0 aromatic heterocycles. The van der Waals surface area contributed by atoms with Crippen LogP contribution in [0.2, 0.25) is 0 Å². The molecule has 0 amide bonds. The zero-order valence-electron chi connectivity index (χ0n) is 11.6. The summed E-state index contributed by atoms with van der Waals surface area (Å²) in [6, 6.07) is 6.97. The Morgan fingerprint density at radius 1 is 1.21 bits per heavy atom. The van der Waals surface area contributed by atoms with Crippen molar-refractivity contribution < 1.29 is 13.2 Å². The molecular weight excluding hydrogens is 264 g/mol. The summed E-state index contributed by atoms with van der Waals surface area (Å²) in [5, 5.41) is 0. The lowest BCUT2D eigenvalue weighted by molar-refractivity contribution is 0.322. The van der Waals surface area contributed by atoms with E-state index >= 15 is 0 Å². The summed E-state index contributed by atoms with van der Waals surface area (Å²) in [7, 11) is -3.25. The van der Waals surface area contributed by atoms with Crippen molar-refractivity contribution in [2.24, 2.45) is 5.41 Å². The van der Waals surface area contributed by atoms with Crippen molar-refractivity contribution in [1.29, 1.82) is 0 Å². The van der Waals surface area contributed by atoms with Crippen LogP contribution < -0.4 is 15.2 Å². The lowest BCUT2D eigenvalue weighted by atomic mass is 10.0. The van der Waals surface area contributed by atoms with E-state index in [1.54, 1.807) is 24.3 Å².